The van der Waals surface area contributed by atoms with Crippen molar-refractivity contribution in [2.45, 2.75) is 25.3 Å². The maximum absolute atomic E-state index is 13.4. The maximum Gasteiger partial charge on any atom is 0.228 e. The summed E-state index contributed by atoms with van der Waals surface area (Å²) in [7, 11) is 0. The zero-order chi connectivity index (χ0) is 23.0. The molecule has 33 heavy (non-hydrogen) atoms. The number of nitrogens with two attached hydrogens (primary N) is 1. The molecule has 1 aliphatic rings. The summed E-state index contributed by atoms with van der Waals surface area (Å²) < 4.78 is 15.1. The van der Waals surface area contributed by atoms with Gasteiger partial charge in [0.15, 0.2) is 5.65 Å². The van der Waals surface area contributed by atoms with Crippen molar-refractivity contribution < 1.29 is 9.18 Å². The average Bonchev–Trinajstić information content (AvgIpc) is 3.33. The molecular formula is C25H25FN6O. The van der Waals surface area contributed by atoms with Gasteiger partial charge < -0.3 is 16.0 Å². The van der Waals surface area contributed by atoms with Gasteiger partial charge in [-0.1, -0.05) is 24.3 Å². The van der Waals surface area contributed by atoms with Gasteiger partial charge in [0.25, 0.3) is 0 Å². The van der Waals surface area contributed by atoms with Crippen molar-refractivity contribution in [2.75, 3.05) is 23.3 Å². The number of carbonyl (C=O) groups is 1. The van der Waals surface area contributed by atoms with Crippen LogP contribution in [0.25, 0.3) is 16.9 Å². The molecule has 0 spiro atoms. The summed E-state index contributed by atoms with van der Waals surface area (Å²) in [5.41, 5.74) is 9.94. The van der Waals surface area contributed by atoms with Crippen molar-refractivity contribution in [3.8, 4) is 11.3 Å². The number of halogens is 1. The second-order valence-corrected chi connectivity index (χ2v) is 8.80. The molecule has 0 aliphatic carbocycles. The number of anilines is 2. The minimum absolute atomic E-state index is 0.0400. The zero-order valence-corrected chi connectivity index (χ0v) is 18.3. The third kappa shape index (κ3) is 4.42. The Morgan fingerprint density at radius 1 is 1.15 bits per heavy atom. The van der Waals surface area contributed by atoms with Crippen LogP contribution in [0.5, 0.6) is 0 Å². The molecule has 3 N–H and O–H groups in total. The quantitative estimate of drug-likeness (QED) is 0.474. The van der Waals surface area contributed by atoms with Crippen molar-refractivity contribution >= 4 is 23.1 Å². The number of benzene rings is 2. The summed E-state index contributed by atoms with van der Waals surface area (Å²) in [6.07, 6.45) is 2.82. The number of nitrogens with zero attached hydrogens (tertiary/aromatic N) is 4. The molecule has 0 saturated carbocycles. The number of hydrogen-bond acceptors (Lipinski definition) is 5. The summed E-state index contributed by atoms with van der Waals surface area (Å²) in [6.45, 7) is 3.03. The van der Waals surface area contributed by atoms with E-state index < -0.39 is 5.54 Å². The number of imidazole rings is 1. The van der Waals surface area contributed by atoms with Crippen LogP contribution in [0, 0.1) is 5.82 Å². The second kappa shape index (κ2) is 8.29. The Morgan fingerprint density at radius 3 is 2.70 bits per heavy atom. The Bertz CT molecular complexity index is 1310. The summed E-state index contributed by atoms with van der Waals surface area (Å²) in [5, 5.41) is 7.97. The first kappa shape index (κ1) is 21.1. The van der Waals surface area contributed by atoms with Gasteiger partial charge in [-0.3, -0.25) is 4.79 Å². The molecule has 1 atom stereocenters. The third-order valence-corrected chi connectivity index (χ3v) is 5.82. The molecule has 4 aromatic rings. The number of fused-ring (bicyclic) bond motifs is 1. The highest BCUT2D eigenvalue weighted by molar-refractivity contribution is 5.97. The van der Waals surface area contributed by atoms with Crippen LogP contribution >= 0.6 is 0 Å². The molecular weight excluding hydrogens is 419 g/mol. The maximum atomic E-state index is 13.4. The van der Waals surface area contributed by atoms with Crippen molar-refractivity contribution in [3.05, 3.63) is 78.2 Å². The average molecular weight is 445 g/mol. The van der Waals surface area contributed by atoms with Gasteiger partial charge in [-0.2, -0.15) is 0 Å². The first-order valence-corrected chi connectivity index (χ1v) is 10.9. The van der Waals surface area contributed by atoms with Crippen LogP contribution in [0.1, 0.15) is 18.9 Å². The fraction of sp³-hybridized carbons (Fsp3) is 0.240. The summed E-state index contributed by atoms with van der Waals surface area (Å²) in [6, 6.07) is 18.2. The number of amides is 1. The van der Waals surface area contributed by atoms with Gasteiger partial charge in [0.05, 0.1) is 11.9 Å². The van der Waals surface area contributed by atoms with E-state index in [0.29, 0.717) is 31.7 Å². The highest BCUT2D eigenvalue weighted by Crippen LogP contribution is 2.29. The molecule has 3 heterocycles. The van der Waals surface area contributed by atoms with Crippen molar-refractivity contribution in [1.29, 1.82) is 0 Å². The van der Waals surface area contributed by atoms with E-state index >= 15 is 0 Å². The van der Waals surface area contributed by atoms with E-state index in [9.17, 15) is 9.18 Å². The SMILES string of the molecule is CC1(N)CC(=O)N(c2ccc(-c3cnc4ccc(NCCc5cccc(F)c5)nn34)cc2)C1. The van der Waals surface area contributed by atoms with E-state index in [0.717, 1.165) is 28.2 Å². The minimum atomic E-state index is -0.501. The largest absolute Gasteiger partial charge is 0.368 e. The van der Waals surface area contributed by atoms with Crippen LogP contribution in [0.2, 0.25) is 0 Å². The Balaban J connectivity index is 1.33. The van der Waals surface area contributed by atoms with E-state index in [1.165, 1.54) is 6.07 Å². The monoisotopic (exact) mass is 444 g/mol. The van der Waals surface area contributed by atoms with Gasteiger partial charge in [-0.25, -0.2) is 13.9 Å². The predicted octanol–water partition coefficient (Wildman–Crippen LogP) is 3.64. The van der Waals surface area contributed by atoms with E-state index in [4.69, 9.17) is 5.73 Å². The highest BCUT2D eigenvalue weighted by atomic mass is 19.1. The summed E-state index contributed by atoms with van der Waals surface area (Å²) >= 11 is 0. The van der Waals surface area contributed by atoms with Gasteiger partial charge in [0, 0.05) is 36.3 Å². The van der Waals surface area contributed by atoms with Crippen LogP contribution in [-0.2, 0) is 11.2 Å². The van der Waals surface area contributed by atoms with Crippen LogP contribution < -0.4 is 16.0 Å². The standard InChI is InChI=1S/C25H25FN6O/c1-25(27)14-24(33)31(16-25)20-7-5-18(6-8-20)21-15-29-23-10-9-22(30-32(21)23)28-12-11-17-3-2-4-19(26)13-17/h2-10,13,15H,11-12,14,16,27H2,1H3,(H,28,30). The van der Waals surface area contributed by atoms with Crippen molar-refractivity contribution in [3.63, 3.8) is 0 Å². The van der Waals surface area contributed by atoms with Crippen LogP contribution in [0.15, 0.2) is 66.9 Å². The zero-order valence-electron chi connectivity index (χ0n) is 18.3. The lowest BCUT2D eigenvalue weighted by atomic mass is 10.0. The van der Waals surface area contributed by atoms with Crippen LogP contribution in [0.4, 0.5) is 15.9 Å². The molecule has 1 amide bonds. The Morgan fingerprint density at radius 2 is 1.97 bits per heavy atom. The number of nitrogens with one attached hydrogen (secondary N) is 1. The molecule has 0 bridgehead atoms. The third-order valence-electron chi connectivity index (χ3n) is 5.82. The molecule has 1 fully saturated rings. The van der Waals surface area contributed by atoms with E-state index in [1.807, 2.05) is 49.4 Å². The number of carbonyl (C=O) groups excluding carboxylic acids is 1. The van der Waals surface area contributed by atoms with Crippen molar-refractivity contribution in [2.24, 2.45) is 5.73 Å². The van der Waals surface area contributed by atoms with Gasteiger partial charge in [0.1, 0.15) is 11.6 Å². The number of hydrogen-bond donors (Lipinski definition) is 2. The molecule has 8 heteroatoms. The normalized spacial score (nSPS) is 18.3. The lowest BCUT2D eigenvalue weighted by molar-refractivity contribution is -0.117. The molecule has 168 valence electrons. The first-order valence-electron chi connectivity index (χ1n) is 10.9. The molecule has 2 aromatic carbocycles. The highest BCUT2D eigenvalue weighted by Gasteiger charge is 2.36. The minimum Gasteiger partial charge on any atom is -0.368 e. The predicted molar refractivity (Wildman–Crippen MR) is 127 cm³/mol. The fourth-order valence-electron chi connectivity index (χ4n) is 4.19. The van der Waals surface area contributed by atoms with Gasteiger partial charge in [-0.05, 0) is 55.3 Å². The van der Waals surface area contributed by atoms with E-state index in [2.05, 4.69) is 15.4 Å². The molecule has 1 aliphatic heterocycles. The Kier molecular flexibility index (Phi) is 5.30. The summed E-state index contributed by atoms with van der Waals surface area (Å²) in [5.74, 6) is 0.519. The van der Waals surface area contributed by atoms with Gasteiger partial charge in [0.2, 0.25) is 5.91 Å². The van der Waals surface area contributed by atoms with Gasteiger partial charge in [-0.15, -0.1) is 5.10 Å². The molecule has 5 rings (SSSR count). The smallest absolute Gasteiger partial charge is 0.228 e. The lowest BCUT2D eigenvalue weighted by Crippen LogP contribution is -2.39. The van der Waals surface area contributed by atoms with Crippen LogP contribution in [-0.4, -0.2) is 39.1 Å². The molecule has 1 saturated heterocycles. The summed E-state index contributed by atoms with van der Waals surface area (Å²) in [4.78, 5) is 18.5. The van der Waals surface area contributed by atoms with E-state index in [1.54, 1.807) is 27.7 Å². The first-order chi connectivity index (χ1) is 15.9. The second-order valence-electron chi connectivity index (χ2n) is 8.80. The molecule has 0 radical (unpaired) electrons. The number of rotatable bonds is 6. The lowest BCUT2D eigenvalue weighted by Gasteiger charge is -2.19. The Labute approximate surface area is 191 Å². The molecule has 1 unspecified atom stereocenters. The van der Waals surface area contributed by atoms with Gasteiger partial charge >= 0.3 is 0 Å². The van der Waals surface area contributed by atoms with Crippen molar-refractivity contribution in [1.82, 2.24) is 14.6 Å². The van der Waals surface area contributed by atoms with Crippen LogP contribution in [0.3, 0.4) is 0 Å². The molecule has 2 aromatic heterocycles. The molecule has 7 nitrogen and oxygen atoms in total. The fourth-order valence-corrected chi connectivity index (χ4v) is 4.19. The number of aromatic nitrogens is 3. The topological polar surface area (TPSA) is 88.5 Å². The van der Waals surface area contributed by atoms with E-state index in [-0.39, 0.29) is 11.7 Å². The Hall–Kier alpha value is -3.78.